The SMILES string of the molecule is C[C@@H]1O[C@@H](O[C@H]2[C@H](O)[C@@H](O)[C@H](Oc3cc(O)cc4[o+]c(-c5cc(O)c(O)c(O)c5)c(O[C@@H]5O[C@H](CO)[C@@H](O)[C@H](O)[C@H]5O)cc34)O[C@@H]2CO)[C@H](O)[C@H](O)[C@H]1O. The highest BCUT2D eigenvalue weighted by Gasteiger charge is 2.51. The van der Waals surface area contributed by atoms with Gasteiger partial charge in [0, 0.05) is 24.3 Å². The number of ether oxygens (including phenoxy) is 6. The van der Waals surface area contributed by atoms with E-state index < -0.39 is 128 Å². The molecule has 298 valence electrons. The third kappa shape index (κ3) is 7.39. The molecular formula is C33H41O21+. The molecule has 0 unspecified atom stereocenters. The monoisotopic (exact) mass is 773 g/mol. The van der Waals surface area contributed by atoms with Gasteiger partial charge in [-0.3, -0.25) is 0 Å². The van der Waals surface area contributed by atoms with Crippen molar-refractivity contribution < 1.29 is 104 Å². The summed E-state index contributed by atoms with van der Waals surface area (Å²) in [6, 6.07) is 5.23. The van der Waals surface area contributed by atoms with Crippen LogP contribution in [0.15, 0.2) is 34.7 Å². The number of hydrogen-bond acceptors (Lipinski definition) is 20. The van der Waals surface area contributed by atoms with Gasteiger partial charge >= 0.3 is 11.3 Å². The lowest BCUT2D eigenvalue weighted by Gasteiger charge is -2.45. The number of benzene rings is 2. The Labute approximate surface area is 303 Å². The second-order valence-corrected chi connectivity index (χ2v) is 13.1. The molecule has 21 heteroatoms. The van der Waals surface area contributed by atoms with Crippen molar-refractivity contribution >= 4 is 11.0 Å². The van der Waals surface area contributed by atoms with Crippen LogP contribution in [0.25, 0.3) is 22.3 Å². The van der Waals surface area contributed by atoms with Crippen molar-refractivity contribution in [2.24, 2.45) is 0 Å². The first-order chi connectivity index (χ1) is 25.5. The van der Waals surface area contributed by atoms with Crippen molar-refractivity contribution in [2.75, 3.05) is 13.2 Å². The van der Waals surface area contributed by atoms with E-state index in [2.05, 4.69) is 0 Å². The van der Waals surface area contributed by atoms with Gasteiger partial charge in [0.05, 0.1) is 30.9 Å². The Morgan fingerprint density at radius 1 is 0.593 bits per heavy atom. The van der Waals surface area contributed by atoms with Crippen LogP contribution in [0.4, 0.5) is 0 Å². The van der Waals surface area contributed by atoms with E-state index in [-0.39, 0.29) is 33.8 Å². The molecule has 3 aromatic rings. The number of aromatic hydroxyl groups is 4. The molecule has 0 bridgehead atoms. The van der Waals surface area contributed by atoms with Crippen LogP contribution in [0.1, 0.15) is 6.92 Å². The molecule has 3 saturated heterocycles. The molecule has 14 N–H and O–H groups in total. The molecular weight excluding hydrogens is 732 g/mol. The van der Waals surface area contributed by atoms with Gasteiger partial charge in [0.2, 0.25) is 18.3 Å². The Hall–Kier alpha value is -3.91. The Morgan fingerprint density at radius 2 is 1.15 bits per heavy atom. The van der Waals surface area contributed by atoms with E-state index in [1.807, 2.05) is 0 Å². The van der Waals surface area contributed by atoms with Gasteiger partial charge in [-0.15, -0.1) is 0 Å². The van der Waals surface area contributed by atoms with E-state index in [4.69, 9.17) is 32.8 Å². The highest BCUT2D eigenvalue weighted by molar-refractivity contribution is 5.89. The minimum atomic E-state index is -1.96. The van der Waals surface area contributed by atoms with Crippen LogP contribution in [-0.4, -0.2) is 177 Å². The Bertz CT molecular complexity index is 1770. The summed E-state index contributed by atoms with van der Waals surface area (Å²) in [5.74, 6) is -4.00. The average Bonchev–Trinajstić information content (AvgIpc) is 3.14. The van der Waals surface area contributed by atoms with E-state index in [0.29, 0.717) is 0 Å². The van der Waals surface area contributed by atoms with Gasteiger partial charge in [-0.05, 0) is 6.92 Å². The average molecular weight is 774 g/mol. The first-order valence-corrected chi connectivity index (χ1v) is 16.5. The van der Waals surface area contributed by atoms with Crippen LogP contribution in [0.2, 0.25) is 0 Å². The molecule has 0 aliphatic carbocycles. The van der Waals surface area contributed by atoms with Crippen LogP contribution >= 0.6 is 0 Å². The van der Waals surface area contributed by atoms with Gasteiger partial charge in [-0.25, -0.2) is 4.42 Å². The van der Waals surface area contributed by atoms with Gasteiger partial charge in [0.25, 0.3) is 0 Å². The fraction of sp³-hybridized carbons (Fsp3) is 0.545. The largest absolute Gasteiger partial charge is 0.507 e. The number of fused-ring (bicyclic) bond motifs is 1. The smallest absolute Gasteiger partial charge is 0.402 e. The predicted octanol–water partition coefficient (Wildman–Crippen LogP) is -3.59. The number of rotatable bonds is 9. The van der Waals surface area contributed by atoms with Gasteiger partial charge < -0.3 is 99.9 Å². The summed E-state index contributed by atoms with van der Waals surface area (Å²) in [6.45, 7) is -0.258. The maximum Gasteiger partial charge on any atom is 0.402 e. The molecule has 4 heterocycles. The summed E-state index contributed by atoms with van der Waals surface area (Å²) in [7, 11) is 0. The summed E-state index contributed by atoms with van der Waals surface area (Å²) in [4.78, 5) is 0. The number of aliphatic hydroxyl groups is 10. The first kappa shape index (κ1) is 39.8. The molecule has 0 spiro atoms. The number of phenols is 4. The fourth-order valence-electron chi connectivity index (χ4n) is 6.31. The van der Waals surface area contributed by atoms with E-state index in [1.165, 1.54) is 13.0 Å². The Kier molecular flexibility index (Phi) is 11.5. The molecule has 3 aliphatic rings. The minimum absolute atomic E-state index is 0.0761. The maximum atomic E-state index is 11.1. The summed E-state index contributed by atoms with van der Waals surface area (Å²) in [5.41, 5.74) is -0.346. The van der Waals surface area contributed by atoms with Crippen LogP contribution in [0.5, 0.6) is 34.5 Å². The van der Waals surface area contributed by atoms with Gasteiger partial charge in [-0.2, -0.15) is 0 Å². The van der Waals surface area contributed by atoms with Crippen molar-refractivity contribution in [3.63, 3.8) is 0 Å². The van der Waals surface area contributed by atoms with Crippen molar-refractivity contribution in [1.29, 1.82) is 0 Å². The standard InChI is InChI=1S/C33H40O21/c1-9-20(39)23(42)26(45)31(48-9)54-30-19(8-35)53-33(28(47)25(30)44)50-16-5-11(36)4-15-12(16)6-17(29(49-15)10-2-13(37)21(40)14(38)3-10)51-32-27(46)24(43)22(41)18(7-34)52-32/h2-6,9,18-20,22-28,30-35,39,41-47H,7-8H2,1H3,(H3-,36,37,38,40)/p+1/t9-,18+,19+,20-,22+,23+,24-,25+,26+,27+,28+,30+,31-,32+,33+/m0/s1. The zero-order chi connectivity index (χ0) is 39.3. The number of aliphatic hydroxyl groups excluding tert-OH is 10. The van der Waals surface area contributed by atoms with E-state index in [1.54, 1.807) is 0 Å². The van der Waals surface area contributed by atoms with Crippen molar-refractivity contribution in [3.8, 4) is 45.8 Å². The van der Waals surface area contributed by atoms with E-state index in [0.717, 1.165) is 24.3 Å². The Morgan fingerprint density at radius 3 is 1.78 bits per heavy atom. The second-order valence-electron chi connectivity index (χ2n) is 13.1. The molecule has 54 heavy (non-hydrogen) atoms. The molecule has 1 aromatic heterocycles. The number of hydrogen-bond donors (Lipinski definition) is 14. The normalized spacial score (nSPS) is 37.3. The summed E-state index contributed by atoms with van der Waals surface area (Å²) in [5, 5.41) is 145. The van der Waals surface area contributed by atoms with Crippen molar-refractivity contribution in [2.45, 2.75) is 99.0 Å². The molecule has 2 aromatic carbocycles. The van der Waals surface area contributed by atoms with E-state index in [9.17, 15) is 71.5 Å². The predicted molar refractivity (Wildman–Crippen MR) is 173 cm³/mol. The summed E-state index contributed by atoms with van der Waals surface area (Å²) < 4.78 is 39.9. The molecule has 3 fully saturated rings. The third-order valence-corrected chi connectivity index (χ3v) is 9.39. The molecule has 0 radical (unpaired) electrons. The second kappa shape index (κ2) is 15.7. The molecule has 0 amide bonds. The van der Waals surface area contributed by atoms with Crippen LogP contribution < -0.4 is 9.47 Å². The lowest BCUT2D eigenvalue weighted by atomic mass is 9.97. The zero-order valence-electron chi connectivity index (χ0n) is 28.1. The summed E-state index contributed by atoms with van der Waals surface area (Å²) in [6.07, 6.45) is -25.1. The van der Waals surface area contributed by atoms with Gasteiger partial charge in [0.1, 0.15) is 84.0 Å². The van der Waals surface area contributed by atoms with Crippen LogP contribution in [-0.2, 0) is 18.9 Å². The molecule has 6 rings (SSSR count). The van der Waals surface area contributed by atoms with Gasteiger partial charge in [-0.1, -0.05) is 0 Å². The minimum Gasteiger partial charge on any atom is -0.507 e. The molecule has 15 atom stereocenters. The topological polar surface area (TPSA) is 350 Å². The fourth-order valence-corrected chi connectivity index (χ4v) is 6.31. The third-order valence-electron chi connectivity index (χ3n) is 9.39. The van der Waals surface area contributed by atoms with Crippen molar-refractivity contribution in [3.05, 3.63) is 30.3 Å². The van der Waals surface area contributed by atoms with Crippen molar-refractivity contribution in [1.82, 2.24) is 0 Å². The van der Waals surface area contributed by atoms with Crippen LogP contribution in [0.3, 0.4) is 0 Å². The highest BCUT2D eigenvalue weighted by atomic mass is 16.7. The highest BCUT2D eigenvalue weighted by Crippen LogP contribution is 2.45. The zero-order valence-corrected chi connectivity index (χ0v) is 28.1. The molecule has 3 aliphatic heterocycles. The maximum absolute atomic E-state index is 11.1. The first-order valence-electron chi connectivity index (χ1n) is 16.5. The van der Waals surface area contributed by atoms with Crippen LogP contribution in [0, 0.1) is 0 Å². The molecule has 0 saturated carbocycles. The van der Waals surface area contributed by atoms with Gasteiger partial charge in [0.15, 0.2) is 23.5 Å². The summed E-state index contributed by atoms with van der Waals surface area (Å²) >= 11 is 0. The number of phenolic OH excluding ortho intramolecular Hbond substituents is 4. The molecule has 21 nitrogen and oxygen atoms in total. The van der Waals surface area contributed by atoms with E-state index >= 15 is 0 Å². The lowest BCUT2D eigenvalue weighted by Crippen LogP contribution is -2.64. The lowest BCUT2D eigenvalue weighted by molar-refractivity contribution is -0.349. The Balaban J connectivity index is 1.35. The quantitative estimate of drug-likeness (QED) is 0.0738.